The molecule has 0 aliphatic rings. The fourth-order valence-electron chi connectivity index (χ4n) is 0. The quantitative estimate of drug-likeness (QED) is 0.275. The Morgan fingerprint density at radius 3 is 1.25 bits per heavy atom. The van der Waals surface area contributed by atoms with Crippen molar-refractivity contribution < 1.29 is 17.1 Å². The summed E-state index contributed by atoms with van der Waals surface area (Å²) in [6, 6.07) is 0. The summed E-state index contributed by atoms with van der Waals surface area (Å²) in [6.45, 7) is 0. The molecule has 0 saturated carbocycles. The Hall–Kier alpha value is 1.70. The summed E-state index contributed by atoms with van der Waals surface area (Å²) in [5, 5.41) is 0. The molecular formula is H8AlFePSi. The van der Waals surface area contributed by atoms with E-state index in [1.165, 1.54) is 9.91 Å². The molecule has 0 aliphatic carbocycles. The molecule has 0 bridgehead atoms. The molecule has 28 valence electrons. The second kappa shape index (κ2) is 22.3. The van der Waals surface area contributed by atoms with Gasteiger partial charge in [0.15, 0.2) is 17.4 Å². The number of hydrogen-bond donors (Lipinski definition) is 0. The summed E-state index contributed by atoms with van der Waals surface area (Å²) in [6.07, 6.45) is 0. The van der Waals surface area contributed by atoms with E-state index in [1.807, 2.05) is 0 Å². The first-order valence-corrected chi connectivity index (χ1v) is 5.20. The first kappa shape index (κ1) is 17.3. The molecule has 0 spiro atoms. The molecule has 0 rings (SSSR count). The summed E-state index contributed by atoms with van der Waals surface area (Å²) in [4.78, 5) is 0. The molecule has 0 nitrogen and oxygen atoms in total. The van der Waals surface area contributed by atoms with Gasteiger partial charge in [0.1, 0.15) is 0 Å². The molecule has 4 heavy (non-hydrogen) atoms. The number of hydrogen-bond acceptors (Lipinski definition) is 0. The van der Waals surface area contributed by atoms with Crippen LogP contribution in [0.1, 0.15) is 0 Å². The maximum Gasteiger partial charge on any atom is 0.187 e. The van der Waals surface area contributed by atoms with Crippen LogP contribution in [0, 0.1) is 0 Å². The van der Waals surface area contributed by atoms with Crippen LogP contribution in [0.25, 0.3) is 0 Å². The average molecular weight is 150 g/mol. The Kier molecular flexibility index (Phi) is 96.2. The molecule has 0 saturated heterocycles. The van der Waals surface area contributed by atoms with E-state index in [9.17, 15) is 0 Å². The van der Waals surface area contributed by atoms with Crippen molar-refractivity contribution in [3.8, 4) is 0 Å². The molecular weight excluding hydrogens is 142 g/mol. The zero-order valence-electron chi connectivity index (χ0n) is 1.93. The van der Waals surface area contributed by atoms with Gasteiger partial charge in [0.2, 0.25) is 0 Å². The minimum atomic E-state index is 0. The van der Waals surface area contributed by atoms with Crippen molar-refractivity contribution in [1.29, 1.82) is 0 Å². The van der Waals surface area contributed by atoms with E-state index in [2.05, 4.69) is 8.79 Å². The molecule has 0 aromatic rings. The van der Waals surface area contributed by atoms with E-state index in [-0.39, 0.29) is 34.4 Å². The van der Waals surface area contributed by atoms with Crippen molar-refractivity contribution in [3.05, 3.63) is 0 Å². The van der Waals surface area contributed by atoms with Crippen LogP contribution < -0.4 is 0 Å². The molecule has 0 fully saturated rings. The van der Waals surface area contributed by atoms with Crippen molar-refractivity contribution in [2.24, 2.45) is 0 Å². The molecule has 0 amide bonds. The maximum atomic E-state index is 2.56. The zero-order chi connectivity index (χ0) is 2.00. The number of rotatable bonds is 0. The van der Waals surface area contributed by atoms with E-state index < -0.39 is 0 Å². The Balaban J connectivity index is -0.00000000500. The Morgan fingerprint density at radius 1 is 1.25 bits per heavy atom. The fourth-order valence-corrected chi connectivity index (χ4v) is 0. The molecule has 0 aromatic heterocycles. The van der Waals surface area contributed by atoms with Gasteiger partial charge in [-0.25, -0.2) is 0 Å². The zero-order valence-corrected chi connectivity index (χ0v) is 6.19. The van der Waals surface area contributed by atoms with Crippen LogP contribution in [0.3, 0.4) is 0 Å². The second-order valence-corrected chi connectivity index (χ2v) is 0. The second-order valence-electron chi connectivity index (χ2n) is 0. The summed E-state index contributed by atoms with van der Waals surface area (Å²) in [5.74, 6) is 0. The Labute approximate surface area is 53.2 Å². The third-order valence-electron chi connectivity index (χ3n) is 0. The predicted molar refractivity (Wildman–Crippen MR) is 29.6 cm³/mol. The smallest absolute Gasteiger partial charge is 0.159 e. The Bertz CT molecular complexity index is 8.00. The first-order valence-electron chi connectivity index (χ1n) is 0.577. The third-order valence-corrected chi connectivity index (χ3v) is 0. The van der Waals surface area contributed by atoms with Gasteiger partial charge in [-0.3, -0.25) is 0 Å². The van der Waals surface area contributed by atoms with E-state index in [1.54, 1.807) is 0 Å². The van der Waals surface area contributed by atoms with Crippen LogP contribution in [0.4, 0.5) is 0 Å². The van der Waals surface area contributed by atoms with Crippen LogP contribution in [-0.4, -0.2) is 27.3 Å². The molecule has 0 N–H and O–H groups in total. The van der Waals surface area contributed by atoms with Gasteiger partial charge in [-0.2, -0.15) is 8.79 Å². The summed E-state index contributed by atoms with van der Waals surface area (Å²) in [5.41, 5.74) is 0. The molecule has 0 heterocycles. The van der Waals surface area contributed by atoms with E-state index in [4.69, 9.17) is 0 Å². The summed E-state index contributed by atoms with van der Waals surface area (Å²) in [7, 11) is 3.78. The van der Waals surface area contributed by atoms with Crippen LogP contribution in [0.5, 0.6) is 0 Å². The van der Waals surface area contributed by atoms with Crippen LogP contribution in [-0.2, 0) is 17.1 Å². The molecule has 0 aliphatic heterocycles. The monoisotopic (exact) mass is 150 g/mol. The minimum Gasteiger partial charge on any atom is -0.159 e. The third kappa shape index (κ3) is 9.34. The Morgan fingerprint density at radius 2 is 1.25 bits per heavy atom. The van der Waals surface area contributed by atoms with Gasteiger partial charge in [-0.05, 0) is 0 Å². The maximum absolute atomic E-state index is 2.56. The first-order chi connectivity index (χ1) is 1.00. The van der Waals surface area contributed by atoms with Crippen molar-refractivity contribution in [3.63, 3.8) is 0 Å². The summed E-state index contributed by atoms with van der Waals surface area (Å²) >= 11 is 0. The SMILES string of the molecule is [AlH3].[Fe].[SiH3]P. The molecule has 1 unspecified atom stereocenters. The van der Waals surface area contributed by atoms with Crippen molar-refractivity contribution in [2.75, 3.05) is 0 Å². The predicted octanol–water partition coefficient (Wildman–Crippen LogP) is -2.04. The minimum absolute atomic E-state index is 0. The van der Waals surface area contributed by atoms with Crippen LogP contribution in [0.15, 0.2) is 0 Å². The van der Waals surface area contributed by atoms with Gasteiger partial charge in [0.05, 0.1) is 0 Å². The van der Waals surface area contributed by atoms with Crippen molar-refractivity contribution >= 4 is 36.1 Å². The van der Waals surface area contributed by atoms with Gasteiger partial charge in [-0.1, -0.05) is 0 Å². The van der Waals surface area contributed by atoms with E-state index in [0.29, 0.717) is 0 Å². The van der Waals surface area contributed by atoms with Crippen LogP contribution >= 0.6 is 8.79 Å². The van der Waals surface area contributed by atoms with Crippen molar-refractivity contribution in [1.82, 2.24) is 0 Å². The van der Waals surface area contributed by atoms with E-state index >= 15 is 0 Å². The average Bonchev–Trinajstić information content (AvgIpc) is 1.00. The largest absolute Gasteiger partial charge is 0.187 e. The molecule has 0 radical (unpaired) electrons. The molecule has 4 heteroatoms. The van der Waals surface area contributed by atoms with Gasteiger partial charge in [0.25, 0.3) is 0 Å². The topological polar surface area (TPSA) is 0 Å². The standard InChI is InChI=1S/Al.Fe.H5PSi.3H/c;;1-2;;;/h;;1H2,2H3;;;. The normalized spacial score (nSPS) is 2.25. The van der Waals surface area contributed by atoms with Gasteiger partial charge in [-0.15, -0.1) is 0 Å². The van der Waals surface area contributed by atoms with Gasteiger partial charge in [0, 0.05) is 27.0 Å². The van der Waals surface area contributed by atoms with E-state index in [0.717, 1.165) is 0 Å². The fraction of sp³-hybridized carbons (Fsp3) is 0. The van der Waals surface area contributed by atoms with Gasteiger partial charge >= 0.3 is 0 Å². The molecule has 1 atom stereocenters. The summed E-state index contributed by atoms with van der Waals surface area (Å²) < 4.78 is 0. The van der Waals surface area contributed by atoms with Gasteiger partial charge < -0.3 is 0 Å². The molecule has 0 aromatic carbocycles. The van der Waals surface area contributed by atoms with Crippen molar-refractivity contribution in [2.45, 2.75) is 0 Å². The van der Waals surface area contributed by atoms with Crippen LogP contribution in [0.2, 0.25) is 0 Å².